The van der Waals surface area contributed by atoms with Crippen LogP contribution in [0.2, 0.25) is 0 Å². The molecule has 2 nitrogen and oxygen atoms in total. The van der Waals surface area contributed by atoms with Crippen LogP contribution in [0.1, 0.15) is 11.1 Å². The molecule has 3 aromatic rings. The molecular weight excluding hydrogens is 220 g/mol. The van der Waals surface area contributed by atoms with Crippen molar-refractivity contribution in [3.8, 4) is 11.8 Å². The summed E-state index contributed by atoms with van der Waals surface area (Å²) in [6.07, 6.45) is 2.04. The summed E-state index contributed by atoms with van der Waals surface area (Å²) in [6.45, 7) is 2.09. The fraction of sp³-hybridized carbons (Fsp3) is 0.0625. The number of hydrogen-bond donors (Lipinski definition) is 0. The Morgan fingerprint density at radius 1 is 1.06 bits per heavy atom. The van der Waals surface area contributed by atoms with E-state index in [-0.39, 0.29) is 0 Å². The van der Waals surface area contributed by atoms with Crippen LogP contribution in [0, 0.1) is 18.3 Å². The lowest BCUT2D eigenvalue weighted by Crippen LogP contribution is -1.92. The van der Waals surface area contributed by atoms with E-state index < -0.39 is 0 Å². The highest BCUT2D eigenvalue weighted by Gasteiger charge is 2.03. The summed E-state index contributed by atoms with van der Waals surface area (Å²) in [5.74, 6) is 0. The van der Waals surface area contributed by atoms with Crippen LogP contribution >= 0.6 is 0 Å². The molecule has 0 radical (unpaired) electrons. The van der Waals surface area contributed by atoms with Gasteiger partial charge >= 0.3 is 0 Å². The van der Waals surface area contributed by atoms with Crippen molar-refractivity contribution < 1.29 is 0 Å². The highest BCUT2D eigenvalue weighted by Crippen LogP contribution is 2.22. The van der Waals surface area contributed by atoms with E-state index in [1.807, 2.05) is 30.5 Å². The van der Waals surface area contributed by atoms with Gasteiger partial charge in [0, 0.05) is 17.3 Å². The maximum atomic E-state index is 8.95. The fourth-order valence-corrected chi connectivity index (χ4v) is 2.21. The lowest BCUT2D eigenvalue weighted by molar-refractivity contribution is 1.12. The molecular formula is C16H12N2. The van der Waals surface area contributed by atoms with Gasteiger partial charge in [-0.2, -0.15) is 5.26 Å². The molecule has 0 spiro atoms. The molecule has 0 amide bonds. The van der Waals surface area contributed by atoms with Crippen molar-refractivity contribution in [2.75, 3.05) is 0 Å². The second-order valence-corrected chi connectivity index (χ2v) is 4.41. The van der Waals surface area contributed by atoms with E-state index in [9.17, 15) is 0 Å². The summed E-state index contributed by atoms with van der Waals surface area (Å²) >= 11 is 0. The second kappa shape index (κ2) is 4.05. The van der Waals surface area contributed by atoms with Gasteiger partial charge in [0.15, 0.2) is 0 Å². The Morgan fingerprint density at radius 2 is 1.94 bits per heavy atom. The Bertz CT molecular complexity index is 760. The van der Waals surface area contributed by atoms with E-state index in [1.54, 1.807) is 0 Å². The topological polar surface area (TPSA) is 28.7 Å². The zero-order valence-electron chi connectivity index (χ0n) is 10.1. The summed E-state index contributed by atoms with van der Waals surface area (Å²) in [7, 11) is 0. The molecule has 2 heteroatoms. The quantitative estimate of drug-likeness (QED) is 0.627. The Balaban J connectivity index is 2.23. The Kier molecular flexibility index (Phi) is 2.39. The van der Waals surface area contributed by atoms with Crippen molar-refractivity contribution >= 4 is 10.9 Å². The largest absolute Gasteiger partial charge is 0.317 e. The van der Waals surface area contributed by atoms with Crippen molar-refractivity contribution in [3.63, 3.8) is 0 Å². The third-order valence-corrected chi connectivity index (χ3v) is 3.10. The molecule has 0 saturated heterocycles. The number of nitriles is 1. The van der Waals surface area contributed by atoms with Gasteiger partial charge in [-0.25, -0.2) is 0 Å². The molecule has 0 fully saturated rings. The molecule has 1 heterocycles. The zero-order chi connectivity index (χ0) is 12.5. The molecule has 3 rings (SSSR count). The average molecular weight is 232 g/mol. The first-order valence-corrected chi connectivity index (χ1v) is 5.86. The Hall–Kier alpha value is -2.53. The summed E-state index contributed by atoms with van der Waals surface area (Å²) in [4.78, 5) is 0. The number of nitrogens with zero attached hydrogens (tertiary/aromatic N) is 2. The van der Waals surface area contributed by atoms with Crippen molar-refractivity contribution in [1.29, 1.82) is 5.26 Å². The third kappa shape index (κ3) is 1.66. The Morgan fingerprint density at radius 3 is 2.78 bits per heavy atom. The van der Waals surface area contributed by atoms with E-state index in [0.29, 0.717) is 5.56 Å². The Labute approximate surface area is 106 Å². The molecule has 0 aliphatic heterocycles. The first-order chi connectivity index (χ1) is 8.78. The average Bonchev–Trinajstić information content (AvgIpc) is 2.81. The minimum Gasteiger partial charge on any atom is -0.317 e. The molecule has 1 aromatic heterocycles. The maximum absolute atomic E-state index is 8.95. The van der Waals surface area contributed by atoms with Gasteiger partial charge in [-0.3, -0.25) is 0 Å². The molecule has 0 aliphatic carbocycles. The number of aromatic nitrogens is 1. The lowest BCUT2D eigenvalue weighted by atomic mass is 10.2. The lowest BCUT2D eigenvalue weighted by Gasteiger charge is -2.06. The first-order valence-electron chi connectivity index (χ1n) is 5.86. The summed E-state index contributed by atoms with van der Waals surface area (Å²) in [5.41, 5.74) is 4.12. The number of hydrogen-bond acceptors (Lipinski definition) is 1. The molecule has 0 atom stereocenters. The zero-order valence-corrected chi connectivity index (χ0v) is 10.1. The minimum atomic E-state index is 0.682. The highest BCUT2D eigenvalue weighted by molar-refractivity contribution is 5.82. The van der Waals surface area contributed by atoms with E-state index in [2.05, 4.69) is 41.8 Å². The monoisotopic (exact) mass is 232 g/mol. The van der Waals surface area contributed by atoms with Crippen LogP contribution in [-0.2, 0) is 0 Å². The standard InChI is InChI=1S/C16H12N2/c1-12-5-6-16-14(9-12)7-8-18(16)15-4-2-3-13(10-15)11-17/h2-10H,1H3. The van der Waals surface area contributed by atoms with Crippen molar-refractivity contribution in [1.82, 2.24) is 4.57 Å². The molecule has 0 aliphatic rings. The smallest absolute Gasteiger partial charge is 0.0992 e. The second-order valence-electron chi connectivity index (χ2n) is 4.41. The highest BCUT2D eigenvalue weighted by atomic mass is 15.0. The van der Waals surface area contributed by atoms with Gasteiger partial charge in [-0.1, -0.05) is 17.7 Å². The van der Waals surface area contributed by atoms with Crippen LogP contribution in [0.4, 0.5) is 0 Å². The predicted molar refractivity (Wildman–Crippen MR) is 72.7 cm³/mol. The molecule has 0 bridgehead atoms. The summed E-state index contributed by atoms with van der Waals surface area (Å²) in [6, 6.07) is 18.3. The molecule has 2 aromatic carbocycles. The first kappa shape index (κ1) is 10.6. The van der Waals surface area contributed by atoms with Gasteiger partial charge in [0.25, 0.3) is 0 Å². The molecule has 0 N–H and O–H groups in total. The predicted octanol–water partition coefficient (Wildman–Crippen LogP) is 3.81. The SMILES string of the molecule is Cc1ccc2c(ccn2-c2cccc(C#N)c2)c1. The third-order valence-electron chi connectivity index (χ3n) is 3.10. The van der Waals surface area contributed by atoms with Crippen molar-refractivity contribution in [2.45, 2.75) is 6.92 Å². The normalized spacial score (nSPS) is 10.4. The molecule has 86 valence electrons. The van der Waals surface area contributed by atoms with Crippen LogP contribution < -0.4 is 0 Å². The van der Waals surface area contributed by atoms with Crippen LogP contribution in [0.15, 0.2) is 54.7 Å². The van der Waals surface area contributed by atoms with Crippen molar-refractivity contribution in [3.05, 3.63) is 65.9 Å². The van der Waals surface area contributed by atoms with Gasteiger partial charge in [0.1, 0.15) is 0 Å². The van der Waals surface area contributed by atoms with Crippen LogP contribution in [-0.4, -0.2) is 4.57 Å². The number of benzene rings is 2. The number of fused-ring (bicyclic) bond motifs is 1. The van der Waals surface area contributed by atoms with Gasteiger partial charge in [-0.15, -0.1) is 0 Å². The summed E-state index contributed by atoms with van der Waals surface area (Å²) in [5, 5.41) is 10.2. The van der Waals surface area contributed by atoms with Gasteiger partial charge in [-0.05, 0) is 43.3 Å². The van der Waals surface area contributed by atoms with E-state index in [4.69, 9.17) is 5.26 Å². The summed E-state index contributed by atoms with van der Waals surface area (Å²) < 4.78 is 2.11. The van der Waals surface area contributed by atoms with Gasteiger partial charge in [0.2, 0.25) is 0 Å². The van der Waals surface area contributed by atoms with Crippen LogP contribution in [0.3, 0.4) is 0 Å². The molecule has 0 unspecified atom stereocenters. The van der Waals surface area contributed by atoms with Crippen LogP contribution in [0.25, 0.3) is 16.6 Å². The van der Waals surface area contributed by atoms with Gasteiger partial charge < -0.3 is 4.57 Å². The number of rotatable bonds is 1. The van der Waals surface area contributed by atoms with Crippen LogP contribution in [0.5, 0.6) is 0 Å². The molecule has 0 saturated carbocycles. The van der Waals surface area contributed by atoms with E-state index in [0.717, 1.165) is 11.2 Å². The minimum absolute atomic E-state index is 0.682. The fourth-order valence-electron chi connectivity index (χ4n) is 2.21. The number of aryl methyl sites for hydroxylation is 1. The van der Waals surface area contributed by atoms with Gasteiger partial charge in [0.05, 0.1) is 17.1 Å². The van der Waals surface area contributed by atoms with E-state index >= 15 is 0 Å². The maximum Gasteiger partial charge on any atom is 0.0992 e. The van der Waals surface area contributed by atoms with E-state index in [1.165, 1.54) is 10.9 Å². The van der Waals surface area contributed by atoms with Crippen molar-refractivity contribution in [2.24, 2.45) is 0 Å². The molecule has 18 heavy (non-hydrogen) atoms.